The van der Waals surface area contributed by atoms with Crippen molar-refractivity contribution in [2.45, 2.75) is 46.1 Å². The molecule has 0 fully saturated rings. The molecule has 1 aromatic heterocycles. The zero-order chi connectivity index (χ0) is 13.1. The van der Waals surface area contributed by atoms with Crippen molar-refractivity contribution in [2.24, 2.45) is 0 Å². The van der Waals surface area contributed by atoms with Gasteiger partial charge in [0.15, 0.2) is 0 Å². The second-order valence-corrected chi connectivity index (χ2v) is 4.47. The van der Waals surface area contributed by atoms with E-state index in [2.05, 4.69) is 9.97 Å². The maximum absolute atomic E-state index is 11.9. The van der Waals surface area contributed by atoms with Crippen LogP contribution in [-0.4, -0.2) is 16.6 Å². The Morgan fingerprint density at radius 3 is 2.53 bits per heavy atom. The highest BCUT2D eigenvalue weighted by atomic mass is 16.5. The summed E-state index contributed by atoms with van der Waals surface area (Å²) in [6.45, 7) is 8.15. The Hall–Kier alpha value is -1.36. The molecule has 0 aromatic carbocycles. The smallest absolute Gasteiger partial charge is 0.256 e. The van der Waals surface area contributed by atoms with Crippen molar-refractivity contribution in [2.75, 3.05) is 12.3 Å². The molecule has 0 spiro atoms. The molecule has 0 atom stereocenters. The van der Waals surface area contributed by atoms with Crippen LogP contribution in [0.4, 0.5) is 5.82 Å². The van der Waals surface area contributed by atoms with Gasteiger partial charge in [0, 0.05) is 6.61 Å². The largest absolute Gasteiger partial charge is 0.383 e. The zero-order valence-corrected chi connectivity index (χ0v) is 11.0. The van der Waals surface area contributed by atoms with Crippen molar-refractivity contribution >= 4 is 5.82 Å². The van der Waals surface area contributed by atoms with Crippen molar-refractivity contribution < 1.29 is 4.74 Å². The zero-order valence-electron chi connectivity index (χ0n) is 11.0. The first-order valence-corrected chi connectivity index (χ1v) is 5.95. The molecule has 3 N–H and O–H groups in total. The molecule has 0 radical (unpaired) electrons. The van der Waals surface area contributed by atoms with Crippen LogP contribution in [0.3, 0.4) is 0 Å². The molecule has 0 aliphatic carbocycles. The molecule has 96 valence electrons. The van der Waals surface area contributed by atoms with E-state index in [0.717, 1.165) is 6.42 Å². The number of aromatic amines is 1. The van der Waals surface area contributed by atoms with Gasteiger partial charge in [0.25, 0.3) is 5.56 Å². The van der Waals surface area contributed by atoms with Gasteiger partial charge in [-0.15, -0.1) is 0 Å². The van der Waals surface area contributed by atoms with E-state index in [-0.39, 0.29) is 5.56 Å². The van der Waals surface area contributed by atoms with Crippen molar-refractivity contribution in [1.29, 1.82) is 0 Å². The molecule has 0 saturated carbocycles. The molecule has 0 unspecified atom stereocenters. The Balaban J connectivity index is 3.18. The van der Waals surface area contributed by atoms with Gasteiger partial charge in [0.2, 0.25) is 0 Å². The van der Waals surface area contributed by atoms with Crippen LogP contribution < -0.4 is 11.3 Å². The van der Waals surface area contributed by atoms with Crippen molar-refractivity contribution in [3.05, 3.63) is 21.7 Å². The Morgan fingerprint density at radius 2 is 2.06 bits per heavy atom. The normalized spacial score (nSPS) is 11.8. The number of hydrogen-bond donors (Lipinski definition) is 2. The Labute approximate surface area is 101 Å². The number of hydrogen-bond acceptors (Lipinski definition) is 4. The van der Waals surface area contributed by atoms with Gasteiger partial charge in [-0.05, 0) is 27.2 Å². The molecule has 5 heteroatoms. The van der Waals surface area contributed by atoms with Crippen LogP contribution in [0.2, 0.25) is 0 Å². The predicted molar refractivity (Wildman–Crippen MR) is 67.9 cm³/mol. The fourth-order valence-corrected chi connectivity index (χ4v) is 1.72. The lowest BCUT2D eigenvalue weighted by atomic mass is 10.1. The summed E-state index contributed by atoms with van der Waals surface area (Å²) in [5.74, 6) is 0.778. The highest BCUT2D eigenvalue weighted by Crippen LogP contribution is 2.21. The van der Waals surface area contributed by atoms with Crippen LogP contribution in [0.25, 0.3) is 0 Å². The third-order valence-electron chi connectivity index (χ3n) is 2.62. The summed E-state index contributed by atoms with van der Waals surface area (Å²) in [6.07, 6.45) is 1.51. The molecule has 0 aliphatic rings. The molecule has 0 saturated heterocycles. The molecule has 0 aliphatic heterocycles. The van der Waals surface area contributed by atoms with E-state index in [1.165, 1.54) is 0 Å². The molecule has 0 bridgehead atoms. The summed E-state index contributed by atoms with van der Waals surface area (Å²) in [4.78, 5) is 18.9. The van der Waals surface area contributed by atoms with Gasteiger partial charge in [-0.1, -0.05) is 13.3 Å². The second kappa shape index (κ2) is 5.31. The number of nitrogens with two attached hydrogens (primary N) is 1. The molecule has 17 heavy (non-hydrogen) atoms. The monoisotopic (exact) mass is 239 g/mol. The fraction of sp³-hybridized carbons (Fsp3) is 0.667. The van der Waals surface area contributed by atoms with Gasteiger partial charge >= 0.3 is 0 Å². The standard InChI is InChI=1S/C12H21N3O2/c1-5-7-8-9(13)14-11(15-10(8)16)12(3,4)17-6-2/h5-7H2,1-4H3,(H3,13,14,15,16). The van der Waals surface area contributed by atoms with E-state index < -0.39 is 5.60 Å². The van der Waals surface area contributed by atoms with Crippen molar-refractivity contribution in [3.8, 4) is 0 Å². The molecule has 1 heterocycles. The van der Waals surface area contributed by atoms with Gasteiger partial charge in [0.05, 0.1) is 5.56 Å². The lowest BCUT2D eigenvalue weighted by Crippen LogP contribution is -2.30. The van der Waals surface area contributed by atoms with Gasteiger partial charge in [-0.25, -0.2) is 4.98 Å². The van der Waals surface area contributed by atoms with Crippen LogP contribution in [0.5, 0.6) is 0 Å². The quantitative estimate of drug-likeness (QED) is 0.817. The minimum Gasteiger partial charge on any atom is -0.383 e. The first-order chi connectivity index (χ1) is 7.92. The van der Waals surface area contributed by atoms with Crippen molar-refractivity contribution in [3.63, 3.8) is 0 Å². The summed E-state index contributed by atoms with van der Waals surface area (Å²) in [6, 6.07) is 0. The highest BCUT2D eigenvalue weighted by molar-refractivity contribution is 5.38. The SMILES string of the molecule is CCCc1c(N)nc(C(C)(C)OCC)[nH]c1=O. The van der Waals surface area contributed by atoms with E-state index in [9.17, 15) is 4.79 Å². The van der Waals surface area contributed by atoms with Crippen LogP contribution in [0.15, 0.2) is 4.79 Å². The highest BCUT2D eigenvalue weighted by Gasteiger charge is 2.25. The maximum Gasteiger partial charge on any atom is 0.256 e. The van der Waals surface area contributed by atoms with Crippen LogP contribution in [0, 0.1) is 0 Å². The number of rotatable bonds is 5. The van der Waals surface area contributed by atoms with Crippen LogP contribution >= 0.6 is 0 Å². The minimum atomic E-state index is -0.632. The molecule has 0 amide bonds. The summed E-state index contributed by atoms with van der Waals surface area (Å²) in [5, 5.41) is 0. The average molecular weight is 239 g/mol. The predicted octanol–water partition coefficient (Wildman–Crippen LogP) is 1.58. The number of nitrogen functional groups attached to an aromatic ring is 1. The summed E-state index contributed by atoms with van der Waals surface area (Å²) < 4.78 is 5.54. The van der Waals surface area contributed by atoms with Gasteiger partial charge in [0.1, 0.15) is 17.2 Å². The topological polar surface area (TPSA) is 81.0 Å². The number of nitrogens with one attached hydrogen (secondary N) is 1. The van der Waals surface area contributed by atoms with E-state index in [0.29, 0.717) is 30.2 Å². The summed E-state index contributed by atoms with van der Waals surface area (Å²) in [5.41, 5.74) is 5.58. The third-order valence-corrected chi connectivity index (χ3v) is 2.62. The third kappa shape index (κ3) is 3.06. The number of anilines is 1. The average Bonchev–Trinajstić information content (AvgIpc) is 2.23. The molecular formula is C12H21N3O2. The van der Waals surface area contributed by atoms with E-state index in [4.69, 9.17) is 10.5 Å². The maximum atomic E-state index is 11.9. The summed E-state index contributed by atoms with van der Waals surface area (Å²) in [7, 11) is 0. The number of aromatic nitrogens is 2. The first-order valence-electron chi connectivity index (χ1n) is 5.95. The lowest BCUT2D eigenvalue weighted by molar-refractivity contribution is -0.0209. The molecule has 1 aromatic rings. The van der Waals surface area contributed by atoms with E-state index in [1.807, 2.05) is 27.7 Å². The van der Waals surface area contributed by atoms with E-state index >= 15 is 0 Å². The van der Waals surface area contributed by atoms with Gasteiger partial charge in [-0.2, -0.15) is 0 Å². The Kier molecular flexibility index (Phi) is 4.28. The van der Waals surface area contributed by atoms with Crippen LogP contribution in [0.1, 0.15) is 45.5 Å². The second-order valence-electron chi connectivity index (χ2n) is 4.47. The van der Waals surface area contributed by atoms with Crippen LogP contribution in [-0.2, 0) is 16.8 Å². The Morgan fingerprint density at radius 1 is 1.41 bits per heavy atom. The van der Waals surface area contributed by atoms with Crippen molar-refractivity contribution in [1.82, 2.24) is 9.97 Å². The summed E-state index contributed by atoms with van der Waals surface area (Å²) >= 11 is 0. The Bertz CT molecular complexity index is 438. The van der Waals surface area contributed by atoms with Gasteiger partial charge in [-0.3, -0.25) is 4.79 Å². The number of ether oxygens (including phenoxy) is 1. The first kappa shape index (κ1) is 13.7. The fourth-order valence-electron chi connectivity index (χ4n) is 1.72. The van der Waals surface area contributed by atoms with E-state index in [1.54, 1.807) is 0 Å². The van der Waals surface area contributed by atoms with Gasteiger partial charge < -0.3 is 15.5 Å². The minimum absolute atomic E-state index is 0.165. The lowest BCUT2D eigenvalue weighted by Gasteiger charge is -2.23. The molecule has 1 rings (SSSR count). The number of nitrogens with zero attached hydrogens (tertiary/aromatic N) is 1. The molecule has 5 nitrogen and oxygen atoms in total. The molecular weight excluding hydrogens is 218 g/mol. The number of H-pyrrole nitrogens is 1.